The summed E-state index contributed by atoms with van der Waals surface area (Å²) in [6.45, 7) is 4.78. The van der Waals surface area contributed by atoms with Crippen LogP contribution in [0.4, 0.5) is 16.3 Å². The average Bonchev–Trinajstić information content (AvgIpc) is 3.76. The summed E-state index contributed by atoms with van der Waals surface area (Å²) in [5, 5.41) is 23.3. The van der Waals surface area contributed by atoms with E-state index < -0.39 is 6.03 Å². The molecule has 7 rings (SSSR count). The number of hydrogen-bond donors (Lipinski definition) is 2. The van der Waals surface area contributed by atoms with Gasteiger partial charge < -0.3 is 20.4 Å². The Morgan fingerprint density at radius 2 is 1.69 bits per heavy atom. The quantitative estimate of drug-likeness (QED) is 0.245. The van der Waals surface area contributed by atoms with E-state index in [9.17, 15) is 9.59 Å². The second kappa shape index (κ2) is 13.5. The van der Waals surface area contributed by atoms with Gasteiger partial charge in [-0.3, -0.25) is 4.79 Å². The van der Waals surface area contributed by atoms with Gasteiger partial charge in [-0.25, -0.2) is 24.1 Å². The molecule has 3 aromatic heterocycles. The van der Waals surface area contributed by atoms with Crippen molar-refractivity contribution in [2.24, 2.45) is 0 Å². The van der Waals surface area contributed by atoms with Crippen LogP contribution in [-0.4, -0.2) is 83.0 Å². The molecule has 0 saturated carbocycles. The molecule has 0 unspecified atom stereocenters. The molecular formula is C33H31ClN12O2. The number of nitrogens with one attached hydrogen (secondary N) is 2. The van der Waals surface area contributed by atoms with E-state index in [1.54, 1.807) is 39.8 Å². The number of hydrogen-bond acceptors (Lipinski definition) is 9. The molecule has 0 aliphatic carbocycles. The molecule has 0 bridgehead atoms. The number of carbonyl (C=O) groups excluding carboxylic acids is 2. The number of aryl methyl sites for hydroxylation is 1. The summed E-state index contributed by atoms with van der Waals surface area (Å²) < 4.78 is 3.34. The fraction of sp³-hybridized carbons (Fsp3) is 0.212. The van der Waals surface area contributed by atoms with Crippen LogP contribution in [0.2, 0.25) is 5.02 Å². The first kappa shape index (κ1) is 30.7. The first-order chi connectivity index (χ1) is 23.4. The SMILES string of the molecule is Cc1ccc(C(=O)N2CCN(c3ncnc4c3nnn4Cc3ccccc3)CC2)c(-n2cc(CNC(=O)Nc3ccc(Cl)cc3)nn2)c1. The van der Waals surface area contributed by atoms with E-state index in [0.29, 0.717) is 77.4 Å². The number of anilines is 2. The maximum Gasteiger partial charge on any atom is 0.319 e. The minimum Gasteiger partial charge on any atom is -0.351 e. The Morgan fingerprint density at radius 3 is 2.48 bits per heavy atom. The molecule has 14 nitrogen and oxygen atoms in total. The lowest BCUT2D eigenvalue weighted by molar-refractivity contribution is 0.0746. The Morgan fingerprint density at radius 1 is 0.896 bits per heavy atom. The van der Waals surface area contributed by atoms with Gasteiger partial charge in [-0.05, 0) is 54.4 Å². The van der Waals surface area contributed by atoms with Crippen LogP contribution in [0.15, 0.2) is 85.3 Å². The summed E-state index contributed by atoms with van der Waals surface area (Å²) in [6.07, 6.45) is 3.24. The van der Waals surface area contributed by atoms with Crippen LogP contribution in [0.1, 0.15) is 27.2 Å². The van der Waals surface area contributed by atoms with E-state index in [0.717, 1.165) is 11.1 Å². The number of halogens is 1. The number of amides is 3. The zero-order valence-corrected chi connectivity index (χ0v) is 26.7. The lowest BCUT2D eigenvalue weighted by Gasteiger charge is -2.35. The van der Waals surface area contributed by atoms with E-state index in [1.165, 1.54) is 6.33 Å². The van der Waals surface area contributed by atoms with Crippen molar-refractivity contribution in [3.63, 3.8) is 0 Å². The van der Waals surface area contributed by atoms with Gasteiger partial charge in [-0.2, -0.15) is 0 Å². The van der Waals surface area contributed by atoms with Gasteiger partial charge in [-0.1, -0.05) is 58.4 Å². The topological polar surface area (TPSA) is 152 Å². The fourth-order valence-electron chi connectivity index (χ4n) is 5.55. The Kier molecular flexibility index (Phi) is 8.62. The number of fused-ring (bicyclic) bond motifs is 1. The van der Waals surface area contributed by atoms with Gasteiger partial charge in [0.05, 0.1) is 30.5 Å². The molecule has 3 amide bonds. The molecule has 3 aromatic carbocycles. The third kappa shape index (κ3) is 6.64. The van der Waals surface area contributed by atoms with Crippen molar-refractivity contribution < 1.29 is 9.59 Å². The zero-order chi connectivity index (χ0) is 33.0. The minimum absolute atomic E-state index is 0.108. The number of nitrogens with zero attached hydrogens (tertiary/aromatic N) is 10. The van der Waals surface area contributed by atoms with Crippen molar-refractivity contribution in [2.45, 2.75) is 20.0 Å². The van der Waals surface area contributed by atoms with E-state index in [2.05, 4.69) is 46.1 Å². The predicted molar refractivity (Wildman–Crippen MR) is 180 cm³/mol. The van der Waals surface area contributed by atoms with Crippen LogP contribution in [-0.2, 0) is 13.1 Å². The molecular weight excluding hydrogens is 632 g/mol. The highest BCUT2D eigenvalue weighted by Gasteiger charge is 2.27. The Bertz CT molecular complexity index is 2070. The summed E-state index contributed by atoms with van der Waals surface area (Å²) in [5.41, 5.74) is 5.63. The van der Waals surface area contributed by atoms with Crippen molar-refractivity contribution in [3.8, 4) is 5.69 Å². The molecule has 242 valence electrons. The molecule has 1 fully saturated rings. The van der Waals surface area contributed by atoms with Gasteiger partial charge in [-0.15, -0.1) is 10.2 Å². The van der Waals surface area contributed by atoms with Crippen LogP contribution in [0.25, 0.3) is 16.9 Å². The summed E-state index contributed by atoms with van der Waals surface area (Å²) in [4.78, 5) is 39.2. The maximum absolute atomic E-state index is 13.9. The lowest BCUT2D eigenvalue weighted by Crippen LogP contribution is -2.49. The first-order valence-corrected chi connectivity index (χ1v) is 15.7. The summed E-state index contributed by atoms with van der Waals surface area (Å²) >= 11 is 5.91. The highest BCUT2D eigenvalue weighted by molar-refractivity contribution is 6.30. The van der Waals surface area contributed by atoms with Crippen LogP contribution in [0.3, 0.4) is 0 Å². The molecule has 1 aliphatic rings. The molecule has 0 spiro atoms. The maximum atomic E-state index is 13.9. The molecule has 0 atom stereocenters. The number of rotatable bonds is 8. The molecule has 0 radical (unpaired) electrons. The summed E-state index contributed by atoms with van der Waals surface area (Å²) in [5.74, 6) is 0.594. The third-order valence-corrected chi connectivity index (χ3v) is 8.28. The zero-order valence-electron chi connectivity index (χ0n) is 26.0. The van der Waals surface area contributed by atoms with Crippen LogP contribution in [0.5, 0.6) is 0 Å². The first-order valence-electron chi connectivity index (χ1n) is 15.4. The highest BCUT2D eigenvalue weighted by Crippen LogP contribution is 2.24. The summed E-state index contributed by atoms with van der Waals surface area (Å²) in [6, 6.07) is 22.1. The lowest BCUT2D eigenvalue weighted by atomic mass is 10.1. The smallest absolute Gasteiger partial charge is 0.319 e. The van der Waals surface area contributed by atoms with Crippen molar-refractivity contribution in [1.82, 2.24) is 50.2 Å². The molecule has 15 heteroatoms. The molecule has 4 heterocycles. The van der Waals surface area contributed by atoms with Gasteiger partial charge in [0.2, 0.25) is 0 Å². The van der Waals surface area contributed by atoms with Crippen LogP contribution < -0.4 is 15.5 Å². The number of benzene rings is 3. The Labute approximate surface area is 280 Å². The third-order valence-electron chi connectivity index (χ3n) is 8.03. The van der Waals surface area contributed by atoms with Crippen molar-refractivity contribution >= 4 is 46.2 Å². The van der Waals surface area contributed by atoms with Crippen molar-refractivity contribution in [1.29, 1.82) is 0 Å². The van der Waals surface area contributed by atoms with Crippen LogP contribution >= 0.6 is 11.6 Å². The van der Waals surface area contributed by atoms with Gasteiger partial charge in [0.1, 0.15) is 12.0 Å². The second-order valence-electron chi connectivity index (χ2n) is 11.4. The number of aromatic nitrogens is 8. The van der Waals surface area contributed by atoms with E-state index in [-0.39, 0.29) is 12.5 Å². The van der Waals surface area contributed by atoms with Gasteiger partial charge in [0.25, 0.3) is 5.91 Å². The largest absolute Gasteiger partial charge is 0.351 e. The highest BCUT2D eigenvalue weighted by atomic mass is 35.5. The molecule has 48 heavy (non-hydrogen) atoms. The van der Waals surface area contributed by atoms with Gasteiger partial charge >= 0.3 is 6.03 Å². The normalized spacial score (nSPS) is 13.1. The Balaban J connectivity index is 1.01. The van der Waals surface area contributed by atoms with Crippen molar-refractivity contribution in [3.05, 3.63) is 113 Å². The number of piperazine rings is 1. The monoisotopic (exact) mass is 662 g/mol. The second-order valence-corrected chi connectivity index (χ2v) is 11.8. The molecule has 1 saturated heterocycles. The van der Waals surface area contributed by atoms with Crippen molar-refractivity contribution in [2.75, 3.05) is 36.4 Å². The number of carbonyl (C=O) groups is 2. The molecule has 2 N–H and O–H groups in total. The Hall–Kier alpha value is -5.89. The van der Waals surface area contributed by atoms with E-state index in [1.807, 2.05) is 60.4 Å². The minimum atomic E-state index is -0.392. The fourth-order valence-corrected chi connectivity index (χ4v) is 5.68. The van der Waals surface area contributed by atoms with E-state index >= 15 is 0 Å². The summed E-state index contributed by atoms with van der Waals surface area (Å²) in [7, 11) is 0. The molecule has 1 aliphatic heterocycles. The van der Waals surface area contributed by atoms with Gasteiger partial charge in [0, 0.05) is 36.9 Å². The number of urea groups is 1. The van der Waals surface area contributed by atoms with E-state index in [4.69, 9.17) is 11.6 Å². The standard InChI is InChI=1S/C33H31ClN12O2/c1-22-7-12-27(28(17-22)45-20-26(39-41-45)18-35-33(48)38-25-10-8-24(34)9-11-25)32(47)44-15-13-43(14-16-44)30-29-31(37-21-36-30)46(42-40-29)19-23-5-3-2-4-6-23/h2-12,17,20-21H,13-16,18-19H2,1H3,(H2,35,38,48). The van der Waals surface area contributed by atoms with Gasteiger partial charge in [0.15, 0.2) is 17.0 Å². The average molecular weight is 663 g/mol. The van der Waals surface area contributed by atoms with Crippen LogP contribution in [0, 0.1) is 6.92 Å². The molecule has 6 aromatic rings. The predicted octanol–water partition coefficient (Wildman–Crippen LogP) is 4.10.